The summed E-state index contributed by atoms with van der Waals surface area (Å²) in [6, 6.07) is 3.97. The minimum atomic E-state index is 0. The topological polar surface area (TPSA) is 78.9 Å². The zero-order valence-electron chi connectivity index (χ0n) is 17.4. The molecule has 1 amide bonds. The molecule has 29 heavy (non-hydrogen) atoms. The molecule has 1 aromatic rings. The van der Waals surface area contributed by atoms with Gasteiger partial charge in [-0.3, -0.25) is 4.79 Å². The number of halogens is 1. The molecule has 2 N–H and O–H groups in total. The predicted molar refractivity (Wildman–Crippen MR) is 126 cm³/mol. The summed E-state index contributed by atoms with van der Waals surface area (Å²) in [5.74, 6) is 1.79. The van der Waals surface area contributed by atoms with Crippen molar-refractivity contribution < 1.29 is 9.53 Å². The molecule has 1 saturated carbocycles. The van der Waals surface area contributed by atoms with Crippen LogP contribution in [0.4, 0.5) is 0 Å². The molecule has 0 spiro atoms. The summed E-state index contributed by atoms with van der Waals surface area (Å²) in [7, 11) is 0. The largest absolute Gasteiger partial charge is 0.474 e. The summed E-state index contributed by atoms with van der Waals surface area (Å²) in [5, 5.41) is 6.61. The highest BCUT2D eigenvalue weighted by Crippen LogP contribution is 2.22. The lowest BCUT2D eigenvalue weighted by Crippen LogP contribution is -2.39. The molecular formula is C21H34IN5O2. The molecule has 2 aliphatic rings. The molecule has 0 atom stereocenters. The van der Waals surface area contributed by atoms with E-state index in [4.69, 9.17) is 4.74 Å². The maximum atomic E-state index is 11.6. The summed E-state index contributed by atoms with van der Waals surface area (Å²) >= 11 is 0. The number of amides is 1. The fourth-order valence-electron chi connectivity index (χ4n) is 3.68. The first-order valence-corrected chi connectivity index (χ1v) is 10.7. The van der Waals surface area contributed by atoms with Gasteiger partial charge in [0.2, 0.25) is 11.8 Å². The number of nitrogens with zero attached hydrogens (tertiary/aromatic N) is 3. The quantitative estimate of drug-likeness (QED) is 0.229. The van der Waals surface area contributed by atoms with E-state index in [1.807, 2.05) is 23.2 Å². The molecule has 8 heteroatoms. The molecule has 7 nitrogen and oxygen atoms in total. The van der Waals surface area contributed by atoms with E-state index in [0.29, 0.717) is 24.9 Å². The number of carbonyl (C=O) groups is 1. The zero-order chi connectivity index (χ0) is 19.6. The Morgan fingerprint density at radius 2 is 2.10 bits per heavy atom. The third kappa shape index (κ3) is 7.98. The maximum absolute atomic E-state index is 11.6. The molecule has 0 unspecified atom stereocenters. The number of hydrogen-bond acceptors (Lipinski definition) is 4. The summed E-state index contributed by atoms with van der Waals surface area (Å²) < 4.78 is 5.91. The van der Waals surface area contributed by atoms with Crippen LogP contribution < -0.4 is 15.4 Å². The van der Waals surface area contributed by atoms with Gasteiger partial charge in [0.25, 0.3) is 0 Å². The number of hydrogen-bond donors (Lipinski definition) is 2. The van der Waals surface area contributed by atoms with Crippen LogP contribution in [0.1, 0.15) is 57.4 Å². The molecule has 0 bridgehead atoms. The Hall–Kier alpha value is -1.58. The highest BCUT2D eigenvalue weighted by atomic mass is 127. The number of likely N-dealkylation sites (tertiary alicyclic amines) is 1. The van der Waals surface area contributed by atoms with Gasteiger partial charge in [0.1, 0.15) is 6.10 Å². The second kappa shape index (κ2) is 12.9. The number of aromatic nitrogens is 1. The molecule has 1 saturated heterocycles. The van der Waals surface area contributed by atoms with Crippen molar-refractivity contribution in [1.29, 1.82) is 0 Å². The Labute approximate surface area is 191 Å². The molecule has 1 aliphatic heterocycles. The van der Waals surface area contributed by atoms with Crippen LogP contribution in [0.3, 0.4) is 0 Å². The van der Waals surface area contributed by atoms with Crippen LogP contribution in [-0.4, -0.2) is 54.0 Å². The number of rotatable bonds is 9. The van der Waals surface area contributed by atoms with Crippen molar-refractivity contribution >= 4 is 35.8 Å². The third-order valence-electron chi connectivity index (χ3n) is 5.22. The Balaban J connectivity index is 0.00000300. The summed E-state index contributed by atoms with van der Waals surface area (Å²) in [6.45, 7) is 5.94. The van der Waals surface area contributed by atoms with Gasteiger partial charge in [-0.15, -0.1) is 24.0 Å². The monoisotopic (exact) mass is 515 g/mol. The van der Waals surface area contributed by atoms with Crippen LogP contribution in [0.15, 0.2) is 23.3 Å². The summed E-state index contributed by atoms with van der Waals surface area (Å²) in [6.07, 6.45) is 9.58. The van der Waals surface area contributed by atoms with Crippen LogP contribution >= 0.6 is 24.0 Å². The van der Waals surface area contributed by atoms with E-state index < -0.39 is 0 Å². The first-order valence-electron chi connectivity index (χ1n) is 10.7. The highest BCUT2D eigenvalue weighted by molar-refractivity contribution is 14.0. The van der Waals surface area contributed by atoms with E-state index in [1.165, 1.54) is 12.8 Å². The Morgan fingerprint density at radius 3 is 2.76 bits per heavy atom. The first kappa shape index (κ1) is 23.7. The lowest BCUT2D eigenvalue weighted by Gasteiger charge is -2.16. The summed E-state index contributed by atoms with van der Waals surface area (Å²) in [4.78, 5) is 22.6. The van der Waals surface area contributed by atoms with Crippen molar-refractivity contribution in [2.75, 3.05) is 26.2 Å². The Bertz CT molecular complexity index is 647. The highest BCUT2D eigenvalue weighted by Gasteiger charge is 2.19. The molecule has 2 fully saturated rings. The van der Waals surface area contributed by atoms with Crippen LogP contribution in [-0.2, 0) is 11.3 Å². The van der Waals surface area contributed by atoms with Gasteiger partial charge in [-0.25, -0.2) is 9.98 Å². The van der Waals surface area contributed by atoms with Crippen LogP contribution in [0.2, 0.25) is 0 Å². The number of ether oxygens (including phenoxy) is 1. The SMILES string of the molecule is CCNC(=NCc1ccc(OC2CCCC2)nc1)NCCCN1CCCC1=O.I. The number of guanidine groups is 1. The standard InChI is InChI=1S/C21H33N5O2.HI/c1-2-22-21(23-12-6-14-26-13-5-9-20(26)27)25-16-17-10-11-19(24-15-17)28-18-7-3-4-8-18;/h10-11,15,18H,2-9,12-14,16H2,1H3,(H2,22,23,25);1H. The number of nitrogens with one attached hydrogen (secondary N) is 2. The van der Waals surface area contributed by atoms with Crippen LogP contribution in [0.25, 0.3) is 0 Å². The van der Waals surface area contributed by atoms with Gasteiger partial charge in [-0.1, -0.05) is 6.07 Å². The average molecular weight is 515 g/mol. The normalized spacial score (nSPS) is 17.3. The van der Waals surface area contributed by atoms with Crippen molar-refractivity contribution in [1.82, 2.24) is 20.5 Å². The van der Waals surface area contributed by atoms with E-state index in [9.17, 15) is 4.79 Å². The second-order valence-electron chi connectivity index (χ2n) is 7.49. The van der Waals surface area contributed by atoms with E-state index in [-0.39, 0.29) is 29.9 Å². The van der Waals surface area contributed by atoms with Gasteiger partial charge in [0.05, 0.1) is 6.54 Å². The van der Waals surface area contributed by atoms with Gasteiger partial charge in [-0.2, -0.15) is 0 Å². The first-order chi connectivity index (χ1) is 13.7. The van der Waals surface area contributed by atoms with Gasteiger partial charge >= 0.3 is 0 Å². The van der Waals surface area contributed by atoms with Gasteiger partial charge in [0.15, 0.2) is 5.96 Å². The van der Waals surface area contributed by atoms with E-state index in [2.05, 4.69) is 27.5 Å². The van der Waals surface area contributed by atoms with Crippen molar-refractivity contribution in [3.63, 3.8) is 0 Å². The number of pyridine rings is 1. The minimum absolute atomic E-state index is 0. The van der Waals surface area contributed by atoms with Crippen molar-refractivity contribution in [2.45, 2.75) is 64.5 Å². The molecule has 0 aromatic carbocycles. The molecule has 3 rings (SSSR count). The van der Waals surface area contributed by atoms with Gasteiger partial charge in [-0.05, 0) is 51.0 Å². The molecule has 1 aromatic heterocycles. The number of carbonyl (C=O) groups excluding carboxylic acids is 1. The Kier molecular flexibility index (Phi) is 10.5. The lowest BCUT2D eigenvalue weighted by molar-refractivity contribution is -0.127. The van der Waals surface area contributed by atoms with Crippen LogP contribution in [0.5, 0.6) is 5.88 Å². The lowest BCUT2D eigenvalue weighted by atomic mass is 10.3. The average Bonchev–Trinajstić information content (AvgIpc) is 3.36. The molecular weight excluding hydrogens is 481 g/mol. The zero-order valence-corrected chi connectivity index (χ0v) is 19.7. The van der Waals surface area contributed by atoms with Crippen molar-refractivity contribution in [3.05, 3.63) is 23.9 Å². The van der Waals surface area contributed by atoms with E-state index >= 15 is 0 Å². The fraction of sp³-hybridized carbons (Fsp3) is 0.667. The van der Waals surface area contributed by atoms with Crippen molar-refractivity contribution in [3.8, 4) is 5.88 Å². The van der Waals surface area contributed by atoms with Crippen molar-refractivity contribution in [2.24, 2.45) is 4.99 Å². The molecule has 1 aliphatic carbocycles. The minimum Gasteiger partial charge on any atom is -0.474 e. The molecule has 2 heterocycles. The maximum Gasteiger partial charge on any atom is 0.222 e. The third-order valence-corrected chi connectivity index (χ3v) is 5.22. The predicted octanol–water partition coefficient (Wildman–Crippen LogP) is 3.09. The fourth-order valence-corrected chi connectivity index (χ4v) is 3.68. The van der Waals surface area contributed by atoms with E-state index in [1.54, 1.807) is 0 Å². The smallest absolute Gasteiger partial charge is 0.222 e. The van der Waals surface area contributed by atoms with Gasteiger partial charge in [0, 0.05) is 44.9 Å². The molecule has 162 valence electrons. The Morgan fingerprint density at radius 1 is 1.28 bits per heavy atom. The number of aliphatic imine (C=N–C) groups is 1. The van der Waals surface area contributed by atoms with Crippen LogP contribution in [0, 0.1) is 0 Å². The second-order valence-corrected chi connectivity index (χ2v) is 7.49. The van der Waals surface area contributed by atoms with Gasteiger partial charge < -0.3 is 20.3 Å². The van der Waals surface area contributed by atoms with E-state index in [0.717, 1.165) is 63.4 Å². The molecule has 0 radical (unpaired) electrons. The summed E-state index contributed by atoms with van der Waals surface area (Å²) in [5.41, 5.74) is 1.05.